The van der Waals surface area contributed by atoms with E-state index in [1.807, 2.05) is 0 Å². The molecule has 0 saturated heterocycles. The Balaban J connectivity index is 1.25. The molecule has 0 atom stereocenters. The fraction of sp³-hybridized carbons (Fsp3) is 0.0625. The van der Waals surface area contributed by atoms with Crippen LogP contribution in [0.15, 0.2) is 121 Å². The van der Waals surface area contributed by atoms with Crippen molar-refractivity contribution in [3.8, 4) is 0 Å². The first-order valence-electron chi connectivity index (χ1n) is 11.9. The molecule has 0 aliphatic heterocycles. The molecule has 7 rings (SSSR count). The minimum atomic E-state index is 0.865. The van der Waals surface area contributed by atoms with E-state index in [9.17, 15) is 0 Å². The molecule has 0 N–H and O–H groups in total. The Morgan fingerprint density at radius 3 is 0.882 bits per heavy atom. The molecule has 5 aromatic carbocycles. The van der Waals surface area contributed by atoms with Crippen molar-refractivity contribution >= 4 is 43.6 Å². The third-order valence-corrected chi connectivity index (χ3v) is 7.06. The van der Waals surface area contributed by atoms with Crippen molar-refractivity contribution in [1.29, 1.82) is 0 Å². The first-order chi connectivity index (χ1) is 16.9. The summed E-state index contributed by atoms with van der Waals surface area (Å²) in [6, 6.07) is 44.0. The van der Waals surface area contributed by atoms with Crippen molar-refractivity contribution in [3.63, 3.8) is 0 Å². The van der Waals surface area contributed by atoms with Crippen LogP contribution in [0, 0.1) is 0 Å². The molecule has 7 aromatic rings. The second-order valence-corrected chi connectivity index (χ2v) is 9.06. The second kappa shape index (κ2) is 7.64. The second-order valence-electron chi connectivity index (χ2n) is 9.06. The van der Waals surface area contributed by atoms with Gasteiger partial charge in [-0.05, 0) is 35.4 Å². The summed E-state index contributed by atoms with van der Waals surface area (Å²) in [7, 11) is 0. The zero-order valence-corrected chi connectivity index (χ0v) is 18.9. The molecule has 0 amide bonds. The molecule has 2 heteroatoms. The van der Waals surface area contributed by atoms with Gasteiger partial charge in [-0.3, -0.25) is 0 Å². The van der Waals surface area contributed by atoms with Crippen molar-refractivity contribution in [2.24, 2.45) is 0 Å². The first kappa shape index (κ1) is 19.2. The van der Waals surface area contributed by atoms with Gasteiger partial charge in [-0.25, -0.2) is 0 Å². The SMILES string of the molecule is c1ccc2c(c1)c1ccccc1n2Cc1ccc(Cn2c3ccccc3c3ccccc32)cc1. The summed E-state index contributed by atoms with van der Waals surface area (Å²) >= 11 is 0. The van der Waals surface area contributed by atoms with E-state index in [4.69, 9.17) is 0 Å². The number of aromatic nitrogens is 2. The van der Waals surface area contributed by atoms with Crippen LogP contribution >= 0.6 is 0 Å². The number of para-hydroxylation sites is 4. The van der Waals surface area contributed by atoms with Gasteiger partial charge in [-0.15, -0.1) is 0 Å². The number of hydrogen-bond acceptors (Lipinski definition) is 0. The van der Waals surface area contributed by atoms with E-state index in [0.717, 1.165) is 13.1 Å². The average Bonchev–Trinajstić information content (AvgIpc) is 3.39. The van der Waals surface area contributed by atoms with Gasteiger partial charge in [0.15, 0.2) is 0 Å². The third-order valence-electron chi connectivity index (χ3n) is 7.06. The quantitative estimate of drug-likeness (QED) is 0.264. The monoisotopic (exact) mass is 436 g/mol. The van der Waals surface area contributed by atoms with Crippen LogP contribution in [0.25, 0.3) is 43.6 Å². The first-order valence-corrected chi connectivity index (χ1v) is 11.9. The summed E-state index contributed by atoms with van der Waals surface area (Å²) in [5.41, 5.74) is 7.79. The van der Waals surface area contributed by atoms with Crippen LogP contribution in [0.5, 0.6) is 0 Å². The van der Waals surface area contributed by atoms with Gasteiger partial charge in [0.25, 0.3) is 0 Å². The zero-order chi connectivity index (χ0) is 22.5. The molecular weight excluding hydrogens is 412 g/mol. The zero-order valence-electron chi connectivity index (χ0n) is 18.9. The Bertz CT molecular complexity index is 1560. The Hall–Kier alpha value is -4.30. The van der Waals surface area contributed by atoms with Crippen LogP contribution in [0.2, 0.25) is 0 Å². The van der Waals surface area contributed by atoms with Crippen molar-refractivity contribution < 1.29 is 0 Å². The topological polar surface area (TPSA) is 9.86 Å². The van der Waals surface area contributed by atoms with Gasteiger partial charge in [0.05, 0.1) is 0 Å². The Labute approximate surface area is 198 Å². The molecule has 0 aliphatic carbocycles. The molecule has 0 fully saturated rings. The highest BCUT2D eigenvalue weighted by molar-refractivity contribution is 6.08. The molecule has 2 aromatic heterocycles. The minimum absolute atomic E-state index is 0.865. The van der Waals surface area contributed by atoms with Crippen LogP contribution < -0.4 is 0 Å². The van der Waals surface area contributed by atoms with E-state index in [0.29, 0.717) is 0 Å². The minimum Gasteiger partial charge on any atom is -0.336 e. The summed E-state index contributed by atoms with van der Waals surface area (Å²) in [5.74, 6) is 0. The Morgan fingerprint density at radius 2 is 0.588 bits per heavy atom. The van der Waals surface area contributed by atoms with E-state index in [1.165, 1.54) is 54.7 Å². The van der Waals surface area contributed by atoms with Gasteiger partial charge in [-0.1, -0.05) is 97.1 Å². The molecule has 0 radical (unpaired) electrons. The number of benzene rings is 5. The number of rotatable bonds is 4. The molecule has 2 heterocycles. The molecule has 34 heavy (non-hydrogen) atoms. The highest BCUT2D eigenvalue weighted by atomic mass is 15.0. The maximum absolute atomic E-state index is 2.44. The van der Waals surface area contributed by atoms with Crippen molar-refractivity contribution in [2.45, 2.75) is 13.1 Å². The summed E-state index contributed by atoms with van der Waals surface area (Å²) in [6.07, 6.45) is 0. The van der Waals surface area contributed by atoms with Crippen LogP contribution in [-0.2, 0) is 13.1 Å². The van der Waals surface area contributed by atoms with Crippen LogP contribution in [0.4, 0.5) is 0 Å². The lowest BCUT2D eigenvalue weighted by Gasteiger charge is -2.11. The number of hydrogen-bond donors (Lipinski definition) is 0. The van der Waals surface area contributed by atoms with E-state index >= 15 is 0 Å². The normalized spacial score (nSPS) is 11.8. The molecule has 0 unspecified atom stereocenters. The lowest BCUT2D eigenvalue weighted by atomic mass is 10.1. The number of fused-ring (bicyclic) bond motifs is 6. The van der Waals surface area contributed by atoms with Gasteiger partial charge < -0.3 is 9.13 Å². The molecule has 0 saturated carbocycles. The third kappa shape index (κ3) is 2.96. The summed E-state index contributed by atoms with van der Waals surface area (Å²) in [5, 5.41) is 5.28. The summed E-state index contributed by atoms with van der Waals surface area (Å²) < 4.78 is 4.87. The van der Waals surface area contributed by atoms with Gasteiger partial charge >= 0.3 is 0 Å². The molecule has 2 nitrogen and oxygen atoms in total. The van der Waals surface area contributed by atoms with Gasteiger partial charge in [0.2, 0.25) is 0 Å². The van der Waals surface area contributed by atoms with Crippen molar-refractivity contribution in [2.75, 3.05) is 0 Å². The van der Waals surface area contributed by atoms with Crippen molar-refractivity contribution in [3.05, 3.63) is 132 Å². The number of nitrogens with zero attached hydrogens (tertiary/aromatic N) is 2. The van der Waals surface area contributed by atoms with E-state index < -0.39 is 0 Å². The fourth-order valence-corrected chi connectivity index (χ4v) is 5.46. The lowest BCUT2D eigenvalue weighted by molar-refractivity contribution is 0.852. The smallest absolute Gasteiger partial charge is 0.0494 e. The van der Waals surface area contributed by atoms with Gasteiger partial charge in [0.1, 0.15) is 0 Å². The largest absolute Gasteiger partial charge is 0.336 e. The average molecular weight is 437 g/mol. The van der Waals surface area contributed by atoms with Crippen LogP contribution in [-0.4, -0.2) is 9.13 Å². The Kier molecular flexibility index (Phi) is 4.31. The predicted molar refractivity (Wildman–Crippen MR) is 144 cm³/mol. The standard InChI is InChI=1S/C32H24N2/c1-5-13-29-25(9-1)26-10-2-6-14-30(26)33(29)21-23-17-19-24(20-18-23)22-34-31-15-7-3-11-27(31)28-12-4-8-16-32(28)34/h1-20H,21-22H2. The molecule has 0 spiro atoms. The summed E-state index contributed by atoms with van der Waals surface area (Å²) in [6.45, 7) is 1.73. The van der Waals surface area contributed by atoms with Gasteiger partial charge in [0, 0.05) is 56.7 Å². The molecule has 0 bridgehead atoms. The van der Waals surface area contributed by atoms with Crippen LogP contribution in [0.3, 0.4) is 0 Å². The highest BCUT2D eigenvalue weighted by Crippen LogP contribution is 2.31. The highest BCUT2D eigenvalue weighted by Gasteiger charge is 2.12. The van der Waals surface area contributed by atoms with E-state index in [-0.39, 0.29) is 0 Å². The predicted octanol–water partition coefficient (Wildman–Crippen LogP) is 8.00. The molecule has 162 valence electrons. The fourth-order valence-electron chi connectivity index (χ4n) is 5.46. The van der Waals surface area contributed by atoms with E-state index in [2.05, 4.69) is 130 Å². The lowest BCUT2D eigenvalue weighted by Crippen LogP contribution is -2.01. The van der Waals surface area contributed by atoms with Gasteiger partial charge in [-0.2, -0.15) is 0 Å². The Morgan fingerprint density at radius 1 is 0.324 bits per heavy atom. The van der Waals surface area contributed by atoms with Crippen LogP contribution in [0.1, 0.15) is 11.1 Å². The molecule has 0 aliphatic rings. The maximum Gasteiger partial charge on any atom is 0.0494 e. The van der Waals surface area contributed by atoms with Crippen molar-refractivity contribution in [1.82, 2.24) is 9.13 Å². The summed E-state index contributed by atoms with van der Waals surface area (Å²) in [4.78, 5) is 0. The van der Waals surface area contributed by atoms with E-state index in [1.54, 1.807) is 0 Å². The maximum atomic E-state index is 2.44. The molecular formula is C32H24N2.